The molecule has 1 aliphatic rings. The lowest BCUT2D eigenvalue weighted by Crippen LogP contribution is -2.21. The molecule has 2 aromatic rings. The van der Waals surface area contributed by atoms with E-state index in [-0.39, 0.29) is 23.7 Å². The van der Waals surface area contributed by atoms with E-state index in [0.717, 1.165) is 17.7 Å². The van der Waals surface area contributed by atoms with Crippen LogP contribution in [0, 0.1) is 11.8 Å². The van der Waals surface area contributed by atoms with E-state index in [1.165, 1.54) is 0 Å². The van der Waals surface area contributed by atoms with Gasteiger partial charge in [-0.1, -0.05) is 36.7 Å². The summed E-state index contributed by atoms with van der Waals surface area (Å²) < 4.78 is 0. The van der Waals surface area contributed by atoms with Crippen LogP contribution in [0.2, 0.25) is 5.02 Å². The topological polar surface area (TPSA) is 58.2 Å². The maximum absolute atomic E-state index is 12.3. The number of halogens is 1. The normalized spacial score (nSPS) is 18.8. The van der Waals surface area contributed by atoms with E-state index in [0.29, 0.717) is 17.1 Å². The van der Waals surface area contributed by atoms with Gasteiger partial charge >= 0.3 is 0 Å². The van der Waals surface area contributed by atoms with Crippen molar-refractivity contribution < 1.29 is 9.59 Å². The zero-order valence-electron chi connectivity index (χ0n) is 13.4. The first kappa shape index (κ1) is 16.5. The van der Waals surface area contributed by atoms with E-state index >= 15 is 0 Å². The molecule has 0 bridgehead atoms. The second-order valence-electron chi connectivity index (χ2n) is 5.94. The molecule has 24 heavy (non-hydrogen) atoms. The summed E-state index contributed by atoms with van der Waals surface area (Å²) in [6.45, 7) is 2.05. The van der Waals surface area contributed by atoms with Crippen molar-refractivity contribution in [1.29, 1.82) is 0 Å². The van der Waals surface area contributed by atoms with Crippen molar-refractivity contribution in [2.45, 2.75) is 19.8 Å². The minimum Gasteiger partial charge on any atom is -0.326 e. The summed E-state index contributed by atoms with van der Waals surface area (Å²) >= 11 is 5.82. The Bertz CT molecular complexity index is 758. The van der Waals surface area contributed by atoms with Gasteiger partial charge < -0.3 is 10.6 Å². The summed E-state index contributed by atoms with van der Waals surface area (Å²) in [7, 11) is 0. The van der Waals surface area contributed by atoms with E-state index in [9.17, 15) is 9.59 Å². The van der Waals surface area contributed by atoms with Crippen molar-refractivity contribution in [2.75, 3.05) is 10.6 Å². The van der Waals surface area contributed by atoms with E-state index in [1.54, 1.807) is 24.3 Å². The lowest BCUT2D eigenvalue weighted by atomic mass is 10.1. The molecule has 1 aliphatic carbocycles. The summed E-state index contributed by atoms with van der Waals surface area (Å²) in [5.74, 6) is -0.745. The first-order valence-corrected chi connectivity index (χ1v) is 8.41. The molecule has 4 nitrogen and oxygen atoms in total. The molecule has 1 fully saturated rings. The summed E-state index contributed by atoms with van der Waals surface area (Å²) in [6, 6.07) is 14.7. The molecular formula is C19H19ClN2O2. The number of benzene rings is 2. The van der Waals surface area contributed by atoms with Gasteiger partial charge in [0.25, 0.3) is 0 Å². The van der Waals surface area contributed by atoms with Crippen molar-refractivity contribution in [3.05, 3.63) is 59.1 Å². The molecule has 2 unspecified atom stereocenters. The highest BCUT2D eigenvalue weighted by Gasteiger charge is 2.48. The van der Waals surface area contributed by atoms with Crippen LogP contribution in [0.1, 0.15) is 18.9 Å². The Morgan fingerprint density at radius 3 is 2.29 bits per heavy atom. The number of anilines is 2. The smallest absolute Gasteiger partial charge is 0.228 e. The van der Waals surface area contributed by atoms with Crippen LogP contribution in [-0.2, 0) is 16.0 Å². The summed E-state index contributed by atoms with van der Waals surface area (Å²) in [5, 5.41) is 6.38. The molecule has 124 valence electrons. The fourth-order valence-corrected chi connectivity index (χ4v) is 2.84. The Hall–Kier alpha value is -2.33. The number of amides is 2. The average Bonchev–Trinajstić information content (AvgIpc) is 3.38. The SMILES string of the molecule is CCc1ccccc1NC(=O)C1CC1C(=O)Nc1ccc(Cl)cc1. The molecule has 2 amide bonds. The van der Waals surface area contributed by atoms with Gasteiger partial charge in [0.15, 0.2) is 0 Å². The summed E-state index contributed by atoms with van der Waals surface area (Å²) in [6.07, 6.45) is 1.43. The molecule has 0 spiro atoms. The van der Waals surface area contributed by atoms with Crippen LogP contribution >= 0.6 is 11.6 Å². The minimum absolute atomic E-state index is 0.0906. The number of hydrogen-bond acceptors (Lipinski definition) is 2. The molecular weight excluding hydrogens is 324 g/mol. The van der Waals surface area contributed by atoms with Crippen molar-refractivity contribution in [3.8, 4) is 0 Å². The second kappa shape index (κ2) is 7.05. The highest BCUT2D eigenvalue weighted by molar-refractivity contribution is 6.30. The average molecular weight is 343 g/mol. The first-order chi connectivity index (χ1) is 11.6. The Morgan fingerprint density at radius 1 is 1.00 bits per heavy atom. The number of carbonyl (C=O) groups excluding carboxylic acids is 2. The largest absolute Gasteiger partial charge is 0.326 e. The van der Waals surface area contributed by atoms with Gasteiger partial charge in [-0.2, -0.15) is 0 Å². The van der Waals surface area contributed by atoms with Crippen LogP contribution in [0.15, 0.2) is 48.5 Å². The lowest BCUT2D eigenvalue weighted by Gasteiger charge is -2.09. The molecule has 0 aromatic heterocycles. The standard InChI is InChI=1S/C19H19ClN2O2/c1-2-12-5-3-4-6-17(12)22-19(24)16-11-15(16)18(23)21-14-9-7-13(20)8-10-14/h3-10,15-16H,2,11H2,1H3,(H,21,23)(H,22,24). The van der Waals surface area contributed by atoms with Gasteiger partial charge in [0.1, 0.15) is 0 Å². The number of nitrogens with one attached hydrogen (secondary N) is 2. The second-order valence-corrected chi connectivity index (χ2v) is 6.38. The van der Waals surface area contributed by atoms with Crippen molar-refractivity contribution in [1.82, 2.24) is 0 Å². The highest BCUT2D eigenvalue weighted by Crippen LogP contribution is 2.40. The van der Waals surface area contributed by atoms with Crippen LogP contribution in [0.4, 0.5) is 11.4 Å². The van der Waals surface area contributed by atoms with Crippen molar-refractivity contribution in [3.63, 3.8) is 0 Å². The van der Waals surface area contributed by atoms with Gasteiger partial charge in [-0.25, -0.2) is 0 Å². The van der Waals surface area contributed by atoms with Crippen molar-refractivity contribution >= 4 is 34.8 Å². The predicted molar refractivity (Wildman–Crippen MR) is 96.1 cm³/mol. The zero-order chi connectivity index (χ0) is 17.1. The van der Waals surface area contributed by atoms with Crippen LogP contribution in [0.25, 0.3) is 0 Å². The number of para-hydroxylation sites is 1. The molecule has 2 atom stereocenters. The minimum atomic E-state index is -0.269. The van der Waals surface area contributed by atoms with Crippen LogP contribution in [0.3, 0.4) is 0 Å². The fourth-order valence-electron chi connectivity index (χ4n) is 2.72. The lowest BCUT2D eigenvalue weighted by molar-refractivity contribution is -0.122. The third-order valence-electron chi connectivity index (χ3n) is 4.23. The number of carbonyl (C=O) groups is 2. The van der Waals surface area contributed by atoms with Gasteiger partial charge in [-0.05, 0) is 48.7 Å². The van der Waals surface area contributed by atoms with E-state index in [2.05, 4.69) is 10.6 Å². The molecule has 0 saturated heterocycles. The third-order valence-corrected chi connectivity index (χ3v) is 4.48. The molecule has 0 radical (unpaired) electrons. The number of rotatable bonds is 5. The van der Waals surface area contributed by atoms with Crippen LogP contribution < -0.4 is 10.6 Å². The molecule has 0 heterocycles. The monoisotopic (exact) mass is 342 g/mol. The maximum Gasteiger partial charge on any atom is 0.228 e. The quantitative estimate of drug-likeness (QED) is 0.858. The van der Waals surface area contributed by atoms with E-state index in [4.69, 9.17) is 11.6 Å². The third kappa shape index (κ3) is 3.77. The van der Waals surface area contributed by atoms with Gasteiger partial charge in [-0.3, -0.25) is 9.59 Å². The van der Waals surface area contributed by atoms with E-state index < -0.39 is 0 Å². The number of hydrogen-bond donors (Lipinski definition) is 2. The highest BCUT2D eigenvalue weighted by atomic mass is 35.5. The molecule has 1 saturated carbocycles. The Labute approximate surface area is 146 Å². The van der Waals surface area contributed by atoms with Gasteiger partial charge in [-0.15, -0.1) is 0 Å². The Balaban J connectivity index is 1.57. The molecule has 2 N–H and O–H groups in total. The Morgan fingerprint density at radius 2 is 1.62 bits per heavy atom. The van der Waals surface area contributed by atoms with Crippen molar-refractivity contribution in [2.24, 2.45) is 11.8 Å². The zero-order valence-corrected chi connectivity index (χ0v) is 14.1. The van der Waals surface area contributed by atoms with Crippen LogP contribution in [0.5, 0.6) is 0 Å². The summed E-state index contributed by atoms with van der Waals surface area (Å²) in [5.41, 5.74) is 2.61. The molecule has 3 rings (SSSR count). The van der Waals surface area contributed by atoms with Gasteiger partial charge in [0.2, 0.25) is 11.8 Å². The molecule has 2 aromatic carbocycles. The maximum atomic E-state index is 12.3. The van der Waals surface area contributed by atoms with Crippen LogP contribution in [-0.4, -0.2) is 11.8 Å². The molecule has 5 heteroatoms. The van der Waals surface area contributed by atoms with Gasteiger partial charge in [0, 0.05) is 16.4 Å². The number of aryl methyl sites for hydroxylation is 1. The van der Waals surface area contributed by atoms with E-state index in [1.807, 2.05) is 31.2 Å². The Kier molecular flexibility index (Phi) is 4.86. The molecule has 0 aliphatic heterocycles. The fraction of sp³-hybridized carbons (Fsp3) is 0.263. The first-order valence-electron chi connectivity index (χ1n) is 8.03. The van der Waals surface area contributed by atoms with Gasteiger partial charge in [0.05, 0.1) is 11.8 Å². The summed E-state index contributed by atoms with van der Waals surface area (Å²) in [4.78, 5) is 24.6. The predicted octanol–water partition coefficient (Wildman–Crippen LogP) is 4.12.